The van der Waals surface area contributed by atoms with Crippen molar-refractivity contribution in [3.05, 3.63) is 71.5 Å². The lowest BCUT2D eigenvalue weighted by Crippen LogP contribution is -2.54. The van der Waals surface area contributed by atoms with Crippen molar-refractivity contribution in [3.63, 3.8) is 0 Å². The summed E-state index contributed by atoms with van der Waals surface area (Å²) in [4.78, 5) is 38.2. The molecular weight excluding hydrogens is 460 g/mol. The zero-order valence-electron chi connectivity index (χ0n) is 18.0. The topological polar surface area (TPSA) is 118 Å². The van der Waals surface area contributed by atoms with Crippen molar-refractivity contribution in [2.45, 2.75) is 0 Å². The Morgan fingerprint density at radius 3 is 2.59 bits per heavy atom. The molecule has 10 heteroatoms. The molecule has 1 aliphatic rings. The van der Waals surface area contributed by atoms with Gasteiger partial charge in [0.1, 0.15) is 28.6 Å². The van der Waals surface area contributed by atoms with E-state index in [2.05, 4.69) is 5.32 Å². The molecule has 1 saturated heterocycles. The predicted octanol–water partition coefficient (Wildman–Crippen LogP) is 3.49. The minimum Gasteiger partial charge on any atom is -0.497 e. The Morgan fingerprint density at radius 2 is 1.88 bits per heavy atom. The molecule has 2 amide bonds. The van der Waals surface area contributed by atoms with Crippen molar-refractivity contribution in [3.8, 4) is 22.8 Å². The van der Waals surface area contributed by atoms with Crippen molar-refractivity contribution in [2.75, 3.05) is 19.1 Å². The Morgan fingerprint density at radius 1 is 1.09 bits per heavy atom. The first-order valence-electron chi connectivity index (χ1n) is 9.89. The summed E-state index contributed by atoms with van der Waals surface area (Å²) in [6.45, 7) is 0. The number of hydrogen-bond acceptors (Lipinski definition) is 7. The molecule has 0 atom stereocenters. The Bertz CT molecular complexity index is 1360. The Balaban J connectivity index is 1.69. The molecule has 2 heterocycles. The lowest BCUT2D eigenvalue weighted by molar-refractivity contribution is -0.122. The molecule has 34 heavy (non-hydrogen) atoms. The van der Waals surface area contributed by atoms with Gasteiger partial charge in [-0.3, -0.25) is 14.9 Å². The van der Waals surface area contributed by atoms with Crippen LogP contribution in [-0.4, -0.2) is 42.2 Å². The summed E-state index contributed by atoms with van der Waals surface area (Å²) in [5.41, 5.74) is 0.768. The summed E-state index contributed by atoms with van der Waals surface area (Å²) in [5.74, 6) is -0.959. The van der Waals surface area contributed by atoms with Gasteiger partial charge >= 0.3 is 5.97 Å². The van der Waals surface area contributed by atoms with Gasteiger partial charge in [-0.05, 0) is 54.7 Å². The number of rotatable bonds is 6. The highest BCUT2D eigenvalue weighted by Gasteiger charge is 2.36. The summed E-state index contributed by atoms with van der Waals surface area (Å²) in [7, 11) is 2.94. The summed E-state index contributed by atoms with van der Waals surface area (Å²) in [6.07, 6.45) is 1.30. The molecule has 0 radical (unpaired) electrons. The fraction of sp³-hybridized carbons (Fsp3) is 0.0833. The molecule has 9 nitrogen and oxygen atoms in total. The molecule has 1 fully saturated rings. The van der Waals surface area contributed by atoms with Crippen LogP contribution in [0.5, 0.6) is 11.5 Å². The van der Waals surface area contributed by atoms with Gasteiger partial charge in [0.15, 0.2) is 5.11 Å². The van der Waals surface area contributed by atoms with Gasteiger partial charge in [-0.2, -0.15) is 0 Å². The van der Waals surface area contributed by atoms with Crippen molar-refractivity contribution < 1.29 is 33.4 Å². The number of aromatic carboxylic acids is 1. The Labute approximate surface area is 199 Å². The average Bonchev–Trinajstić information content (AvgIpc) is 3.30. The number of hydrogen-bond donors (Lipinski definition) is 2. The standard InChI is InChI=1S/C24H18N2O7S/c1-31-15-6-8-18(20(12-15)32-2)26-22(28)17(21(27)25-24(26)34)11-16-7-9-19(33-16)13-4-3-5-14(10-13)23(29)30/h3-12H,1-2H3,(H,29,30)(H,25,27,34)/b17-11-. The van der Waals surface area contributed by atoms with Crippen molar-refractivity contribution in [1.82, 2.24) is 5.32 Å². The average molecular weight is 478 g/mol. The maximum Gasteiger partial charge on any atom is 0.335 e. The number of carboxylic acids is 1. The number of amides is 2. The van der Waals surface area contributed by atoms with E-state index in [9.17, 15) is 19.5 Å². The predicted molar refractivity (Wildman–Crippen MR) is 127 cm³/mol. The van der Waals surface area contributed by atoms with E-state index in [1.54, 1.807) is 42.5 Å². The Kier molecular flexibility index (Phi) is 6.15. The van der Waals surface area contributed by atoms with E-state index in [1.165, 1.54) is 32.4 Å². The molecule has 1 aliphatic heterocycles. The molecule has 1 aromatic heterocycles. The first kappa shape index (κ1) is 22.7. The highest BCUT2D eigenvalue weighted by atomic mass is 32.1. The second-order valence-corrected chi connectivity index (χ2v) is 7.47. The minimum absolute atomic E-state index is 0.0961. The molecule has 0 spiro atoms. The number of ether oxygens (including phenoxy) is 2. The van der Waals surface area contributed by atoms with Gasteiger partial charge in [0, 0.05) is 11.6 Å². The fourth-order valence-electron chi connectivity index (χ4n) is 3.38. The molecule has 172 valence electrons. The molecule has 0 unspecified atom stereocenters. The van der Waals surface area contributed by atoms with Crippen LogP contribution in [0.4, 0.5) is 5.69 Å². The summed E-state index contributed by atoms with van der Waals surface area (Å²) in [5, 5.41) is 11.6. The van der Waals surface area contributed by atoms with Crippen LogP contribution in [0.15, 0.2) is 64.6 Å². The van der Waals surface area contributed by atoms with E-state index in [1.807, 2.05) is 0 Å². The van der Waals surface area contributed by atoms with Gasteiger partial charge in [0.2, 0.25) is 0 Å². The van der Waals surface area contributed by atoms with Crippen molar-refractivity contribution >= 4 is 46.9 Å². The number of nitrogens with zero attached hydrogens (tertiary/aromatic N) is 1. The summed E-state index contributed by atoms with van der Waals surface area (Å²) >= 11 is 5.24. The lowest BCUT2D eigenvalue weighted by atomic mass is 10.1. The molecule has 4 rings (SSSR count). The van der Waals surface area contributed by atoms with Crippen LogP contribution in [-0.2, 0) is 9.59 Å². The van der Waals surface area contributed by atoms with Crippen LogP contribution in [0.3, 0.4) is 0 Å². The Hall–Kier alpha value is -4.44. The third kappa shape index (κ3) is 4.26. The third-order valence-electron chi connectivity index (χ3n) is 5.04. The zero-order valence-corrected chi connectivity index (χ0v) is 18.8. The van der Waals surface area contributed by atoms with Gasteiger partial charge in [-0.15, -0.1) is 0 Å². The van der Waals surface area contributed by atoms with E-state index in [4.69, 9.17) is 26.1 Å². The smallest absolute Gasteiger partial charge is 0.335 e. The monoisotopic (exact) mass is 478 g/mol. The molecule has 2 aromatic carbocycles. The summed E-state index contributed by atoms with van der Waals surface area (Å²) in [6, 6.07) is 14.2. The molecular formula is C24H18N2O7S. The van der Waals surface area contributed by atoms with Gasteiger partial charge in [0.25, 0.3) is 11.8 Å². The molecule has 2 N–H and O–H groups in total. The number of carbonyl (C=O) groups is 3. The quantitative estimate of drug-likeness (QED) is 0.314. The van der Waals surface area contributed by atoms with Gasteiger partial charge in [-0.1, -0.05) is 12.1 Å². The molecule has 3 aromatic rings. The highest BCUT2D eigenvalue weighted by Crippen LogP contribution is 2.34. The van der Waals surface area contributed by atoms with Crippen molar-refractivity contribution in [1.29, 1.82) is 0 Å². The zero-order chi connectivity index (χ0) is 24.4. The minimum atomic E-state index is -1.06. The van der Waals surface area contributed by atoms with E-state index in [0.29, 0.717) is 28.5 Å². The second-order valence-electron chi connectivity index (χ2n) is 7.08. The van der Waals surface area contributed by atoms with Gasteiger partial charge in [-0.25, -0.2) is 9.69 Å². The normalized spacial score (nSPS) is 14.8. The first-order chi connectivity index (χ1) is 16.3. The maximum absolute atomic E-state index is 13.3. The number of thiocarbonyl (C=S) groups is 1. The number of furan rings is 1. The number of carboxylic acid groups (broad SMARTS) is 1. The van der Waals surface area contributed by atoms with Crippen LogP contribution >= 0.6 is 12.2 Å². The SMILES string of the molecule is COc1ccc(N2C(=O)/C(=C\c3ccc(-c4cccc(C(=O)O)c4)o3)C(=O)NC2=S)c(OC)c1. The van der Waals surface area contributed by atoms with E-state index in [0.717, 1.165) is 4.90 Å². The first-order valence-corrected chi connectivity index (χ1v) is 10.3. The van der Waals surface area contributed by atoms with Gasteiger partial charge < -0.3 is 19.0 Å². The van der Waals surface area contributed by atoms with Crippen molar-refractivity contribution in [2.24, 2.45) is 0 Å². The number of nitrogens with one attached hydrogen (secondary N) is 1. The van der Waals surface area contributed by atoms with E-state index < -0.39 is 17.8 Å². The van der Waals surface area contributed by atoms with E-state index in [-0.39, 0.29) is 22.0 Å². The third-order valence-corrected chi connectivity index (χ3v) is 5.32. The number of anilines is 1. The highest BCUT2D eigenvalue weighted by molar-refractivity contribution is 7.80. The fourth-order valence-corrected chi connectivity index (χ4v) is 3.65. The number of carbonyl (C=O) groups excluding carboxylic acids is 2. The number of methoxy groups -OCH3 is 2. The summed E-state index contributed by atoms with van der Waals surface area (Å²) < 4.78 is 16.3. The molecule has 0 aliphatic carbocycles. The largest absolute Gasteiger partial charge is 0.497 e. The van der Waals surface area contributed by atoms with E-state index >= 15 is 0 Å². The molecule has 0 bridgehead atoms. The van der Waals surface area contributed by atoms with Crippen LogP contribution in [0, 0.1) is 0 Å². The number of benzene rings is 2. The second kappa shape index (κ2) is 9.20. The van der Waals surface area contributed by atoms with Crippen LogP contribution in [0.2, 0.25) is 0 Å². The van der Waals surface area contributed by atoms with Crippen LogP contribution in [0.25, 0.3) is 17.4 Å². The molecule has 0 saturated carbocycles. The maximum atomic E-state index is 13.3. The van der Waals surface area contributed by atoms with Gasteiger partial charge in [0.05, 0.1) is 25.5 Å². The van der Waals surface area contributed by atoms with Crippen LogP contribution < -0.4 is 19.7 Å². The lowest BCUT2D eigenvalue weighted by Gasteiger charge is -2.29. The van der Waals surface area contributed by atoms with Crippen LogP contribution in [0.1, 0.15) is 16.1 Å².